The van der Waals surface area contributed by atoms with Crippen molar-refractivity contribution in [3.63, 3.8) is 0 Å². The maximum atomic E-state index is 5.67. The van der Waals surface area contributed by atoms with Gasteiger partial charge in [0.15, 0.2) is 0 Å². The van der Waals surface area contributed by atoms with E-state index in [0.717, 1.165) is 24.4 Å². The zero-order valence-electron chi connectivity index (χ0n) is 8.31. The third-order valence-corrected chi connectivity index (χ3v) is 2.45. The highest BCUT2D eigenvalue weighted by atomic mass is 35.5. The van der Waals surface area contributed by atoms with Gasteiger partial charge in [-0.3, -0.25) is 4.98 Å². The third-order valence-electron chi connectivity index (χ3n) is 2.18. The molecule has 15 heavy (non-hydrogen) atoms. The SMILES string of the molecule is ClCc1cn(CCc2ccccn2)cn1. The van der Waals surface area contributed by atoms with E-state index in [1.54, 1.807) is 6.33 Å². The average molecular weight is 222 g/mol. The summed E-state index contributed by atoms with van der Waals surface area (Å²) >= 11 is 5.67. The predicted octanol–water partition coefficient (Wildman–Crippen LogP) is 2.26. The number of aromatic nitrogens is 3. The Morgan fingerprint density at radius 1 is 1.20 bits per heavy atom. The fourth-order valence-electron chi connectivity index (χ4n) is 1.39. The molecule has 0 saturated heterocycles. The number of alkyl halides is 1. The maximum absolute atomic E-state index is 5.67. The summed E-state index contributed by atoms with van der Waals surface area (Å²) in [5, 5.41) is 0. The van der Waals surface area contributed by atoms with Crippen LogP contribution in [0.25, 0.3) is 0 Å². The summed E-state index contributed by atoms with van der Waals surface area (Å²) in [6, 6.07) is 5.95. The molecule has 0 aliphatic rings. The van der Waals surface area contributed by atoms with Crippen LogP contribution < -0.4 is 0 Å². The molecule has 0 atom stereocenters. The number of imidazole rings is 1. The molecular weight excluding hydrogens is 210 g/mol. The van der Waals surface area contributed by atoms with Gasteiger partial charge in [-0.15, -0.1) is 11.6 Å². The van der Waals surface area contributed by atoms with Crippen LogP contribution in [0.1, 0.15) is 11.4 Å². The summed E-state index contributed by atoms with van der Waals surface area (Å²) < 4.78 is 2.03. The quantitative estimate of drug-likeness (QED) is 0.742. The Kier molecular flexibility index (Phi) is 3.35. The molecule has 3 nitrogen and oxygen atoms in total. The smallest absolute Gasteiger partial charge is 0.0950 e. The second kappa shape index (κ2) is 4.94. The molecule has 0 N–H and O–H groups in total. The molecule has 0 unspecified atom stereocenters. The van der Waals surface area contributed by atoms with E-state index in [0.29, 0.717) is 5.88 Å². The minimum absolute atomic E-state index is 0.469. The molecule has 0 aliphatic heterocycles. The van der Waals surface area contributed by atoms with Gasteiger partial charge >= 0.3 is 0 Å². The molecule has 0 aliphatic carbocycles. The van der Waals surface area contributed by atoms with Crippen LogP contribution >= 0.6 is 11.6 Å². The van der Waals surface area contributed by atoms with Crippen molar-refractivity contribution in [2.45, 2.75) is 18.8 Å². The first-order valence-corrected chi connectivity index (χ1v) is 5.38. The van der Waals surface area contributed by atoms with Gasteiger partial charge in [-0.2, -0.15) is 0 Å². The lowest BCUT2D eigenvalue weighted by Crippen LogP contribution is -1.99. The molecule has 0 saturated carbocycles. The molecule has 0 fully saturated rings. The molecule has 2 rings (SSSR count). The van der Waals surface area contributed by atoms with Crippen LogP contribution in [0.5, 0.6) is 0 Å². The Bertz CT molecular complexity index is 411. The molecule has 2 aromatic rings. The van der Waals surface area contributed by atoms with Gasteiger partial charge in [-0.1, -0.05) is 6.07 Å². The Balaban J connectivity index is 1.93. The second-order valence-corrected chi connectivity index (χ2v) is 3.57. The van der Waals surface area contributed by atoms with E-state index < -0.39 is 0 Å². The van der Waals surface area contributed by atoms with Crippen molar-refractivity contribution in [1.82, 2.24) is 14.5 Å². The number of nitrogens with zero attached hydrogens (tertiary/aromatic N) is 3. The summed E-state index contributed by atoms with van der Waals surface area (Å²) in [6.45, 7) is 0.890. The third kappa shape index (κ3) is 2.80. The first-order chi connectivity index (χ1) is 7.38. The predicted molar refractivity (Wildman–Crippen MR) is 59.7 cm³/mol. The van der Waals surface area contributed by atoms with Crippen molar-refractivity contribution >= 4 is 11.6 Å². The van der Waals surface area contributed by atoms with E-state index in [1.807, 2.05) is 35.2 Å². The van der Waals surface area contributed by atoms with Gasteiger partial charge in [0.1, 0.15) is 0 Å². The lowest BCUT2D eigenvalue weighted by Gasteiger charge is -2.00. The number of rotatable bonds is 4. The lowest BCUT2D eigenvalue weighted by atomic mass is 10.3. The standard InChI is InChI=1S/C11H12ClN3/c12-7-11-8-15(9-14-11)6-4-10-3-1-2-5-13-10/h1-3,5,8-9H,4,6-7H2. The van der Waals surface area contributed by atoms with Crippen LogP contribution in [0.2, 0.25) is 0 Å². The normalized spacial score (nSPS) is 10.5. The van der Waals surface area contributed by atoms with Crippen molar-refractivity contribution < 1.29 is 0 Å². The number of pyridine rings is 1. The minimum atomic E-state index is 0.469. The fourth-order valence-corrected chi connectivity index (χ4v) is 1.53. The Morgan fingerprint density at radius 2 is 2.13 bits per heavy atom. The van der Waals surface area contributed by atoms with Gasteiger partial charge in [-0.25, -0.2) is 4.98 Å². The Hall–Kier alpha value is -1.35. The minimum Gasteiger partial charge on any atom is -0.337 e. The molecule has 0 spiro atoms. The zero-order valence-corrected chi connectivity index (χ0v) is 9.06. The van der Waals surface area contributed by atoms with Gasteiger partial charge in [0.2, 0.25) is 0 Å². The lowest BCUT2D eigenvalue weighted by molar-refractivity contribution is 0.684. The average Bonchev–Trinajstić information content (AvgIpc) is 2.76. The van der Waals surface area contributed by atoms with E-state index in [4.69, 9.17) is 11.6 Å². The van der Waals surface area contributed by atoms with Crippen molar-refractivity contribution in [1.29, 1.82) is 0 Å². The van der Waals surface area contributed by atoms with Crippen molar-refractivity contribution in [2.24, 2.45) is 0 Å². The molecule has 0 aromatic carbocycles. The van der Waals surface area contributed by atoms with Gasteiger partial charge < -0.3 is 4.57 Å². The van der Waals surface area contributed by atoms with Crippen LogP contribution in [0.3, 0.4) is 0 Å². The number of aryl methyl sites for hydroxylation is 2. The van der Waals surface area contributed by atoms with Crippen LogP contribution in [0, 0.1) is 0 Å². The Labute approximate surface area is 93.7 Å². The van der Waals surface area contributed by atoms with Gasteiger partial charge in [0.25, 0.3) is 0 Å². The summed E-state index contributed by atoms with van der Waals surface area (Å²) in [7, 11) is 0. The highest BCUT2D eigenvalue weighted by Gasteiger charge is 1.98. The first-order valence-electron chi connectivity index (χ1n) is 4.85. The fraction of sp³-hybridized carbons (Fsp3) is 0.273. The molecule has 0 amide bonds. The summed E-state index contributed by atoms with van der Waals surface area (Å²) in [4.78, 5) is 8.42. The van der Waals surface area contributed by atoms with Crippen LogP contribution in [0.4, 0.5) is 0 Å². The summed E-state index contributed by atoms with van der Waals surface area (Å²) in [5.41, 5.74) is 2.01. The molecule has 4 heteroatoms. The zero-order chi connectivity index (χ0) is 10.5. The largest absolute Gasteiger partial charge is 0.337 e. The second-order valence-electron chi connectivity index (χ2n) is 3.31. The number of hydrogen-bond acceptors (Lipinski definition) is 2. The van der Waals surface area contributed by atoms with Gasteiger partial charge in [0, 0.05) is 31.1 Å². The monoisotopic (exact) mass is 221 g/mol. The van der Waals surface area contributed by atoms with E-state index in [2.05, 4.69) is 9.97 Å². The summed E-state index contributed by atoms with van der Waals surface area (Å²) in [6.07, 6.45) is 6.50. The van der Waals surface area contributed by atoms with Gasteiger partial charge in [0.05, 0.1) is 17.9 Å². The molecule has 2 aromatic heterocycles. The van der Waals surface area contributed by atoms with E-state index in [-0.39, 0.29) is 0 Å². The molecular formula is C11H12ClN3. The highest BCUT2D eigenvalue weighted by Crippen LogP contribution is 2.02. The first kappa shape index (κ1) is 10.2. The highest BCUT2D eigenvalue weighted by molar-refractivity contribution is 6.16. The van der Waals surface area contributed by atoms with Gasteiger partial charge in [-0.05, 0) is 12.1 Å². The molecule has 0 radical (unpaired) electrons. The van der Waals surface area contributed by atoms with E-state index in [9.17, 15) is 0 Å². The van der Waals surface area contributed by atoms with E-state index >= 15 is 0 Å². The van der Waals surface area contributed by atoms with Crippen LogP contribution in [-0.4, -0.2) is 14.5 Å². The molecule has 0 bridgehead atoms. The molecule has 78 valence electrons. The van der Waals surface area contributed by atoms with Crippen LogP contribution in [0.15, 0.2) is 36.9 Å². The van der Waals surface area contributed by atoms with E-state index in [1.165, 1.54) is 0 Å². The summed E-state index contributed by atoms with van der Waals surface area (Å²) in [5.74, 6) is 0.469. The number of hydrogen-bond donors (Lipinski definition) is 0. The Morgan fingerprint density at radius 3 is 2.80 bits per heavy atom. The van der Waals surface area contributed by atoms with Crippen molar-refractivity contribution in [3.05, 3.63) is 48.3 Å². The maximum Gasteiger partial charge on any atom is 0.0950 e. The molecule has 2 heterocycles. The number of halogens is 1. The van der Waals surface area contributed by atoms with Crippen LogP contribution in [-0.2, 0) is 18.8 Å². The van der Waals surface area contributed by atoms with Crippen molar-refractivity contribution in [3.8, 4) is 0 Å². The topological polar surface area (TPSA) is 30.7 Å². The van der Waals surface area contributed by atoms with Crippen molar-refractivity contribution in [2.75, 3.05) is 0 Å².